The Morgan fingerprint density at radius 2 is 1.43 bits per heavy atom. The lowest BCUT2D eigenvalue weighted by molar-refractivity contribution is 0.264. The van der Waals surface area contributed by atoms with Crippen LogP contribution in [0.3, 0.4) is 0 Å². The van der Waals surface area contributed by atoms with Crippen LogP contribution in [-0.2, 0) is 8.85 Å². The van der Waals surface area contributed by atoms with Crippen molar-refractivity contribution in [3.8, 4) is 0 Å². The molecule has 0 heterocycles. The number of aliphatic hydroxyl groups is 2. The van der Waals surface area contributed by atoms with Gasteiger partial charge in [0.15, 0.2) is 0 Å². The highest BCUT2D eigenvalue weighted by Crippen LogP contribution is 2.10. The van der Waals surface area contributed by atoms with Crippen LogP contribution in [0.1, 0.15) is 0 Å². The van der Waals surface area contributed by atoms with Gasteiger partial charge in [-0.25, -0.2) is 0 Å². The second kappa shape index (κ2) is 5.79. The summed E-state index contributed by atoms with van der Waals surface area (Å²) < 4.78 is 10.5. The van der Waals surface area contributed by atoms with Crippen molar-refractivity contribution in [2.24, 2.45) is 0 Å². The summed E-state index contributed by atoms with van der Waals surface area (Å²) in [5.74, 6) is 0. The highest BCUT2D eigenvalue weighted by Gasteiger charge is 2.28. The number of aliphatic hydroxyl groups excluding tert-OH is 2. The minimum absolute atomic E-state index is 0.0396. The van der Waals surface area contributed by atoms with E-state index in [0.29, 0.717) is 0 Å². The Labute approximate surface area is 87.4 Å². The normalized spacial score (nSPS) is 13.9. The summed E-state index contributed by atoms with van der Waals surface area (Å²) in [7, 11) is -1.03. The van der Waals surface area contributed by atoms with Crippen LogP contribution in [0.2, 0.25) is 13.1 Å². The van der Waals surface area contributed by atoms with Gasteiger partial charge in [-0.3, -0.25) is 0 Å². The molecule has 0 atom stereocenters. The van der Waals surface area contributed by atoms with Crippen molar-refractivity contribution in [3.63, 3.8) is 0 Å². The second-order valence-corrected chi connectivity index (χ2v) is 11.2. The van der Waals surface area contributed by atoms with Gasteiger partial charge in [0, 0.05) is 26.7 Å². The van der Waals surface area contributed by atoms with Gasteiger partial charge in [-0.1, -0.05) is 17.9 Å². The van der Waals surface area contributed by atoms with Crippen molar-refractivity contribution in [1.82, 2.24) is 0 Å². The van der Waals surface area contributed by atoms with E-state index < -0.39 is 16.6 Å². The van der Waals surface area contributed by atoms with Crippen molar-refractivity contribution in [2.75, 3.05) is 26.7 Å². The Morgan fingerprint density at radius 3 is 1.71 bits per heavy atom. The Kier molecular flexibility index (Phi) is 5.79. The standard InChI is InChI=1S/C8H20O4Si2/c1-11-14(4,12-2)6-5-13(3,7-9)8-10/h5-6,9-10H,7-8H2,1-4H3. The molecule has 0 radical (unpaired) electrons. The molecule has 0 amide bonds. The van der Waals surface area contributed by atoms with Crippen LogP contribution in [0.15, 0.2) is 11.4 Å². The van der Waals surface area contributed by atoms with Gasteiger partial charge in [0.1, 0.15) is 8.07 Å². The van der Waals surface area contributed by atoms with Crippen LogP contribution in [0.25, 0.3) is 0 Å². The first kappa shape index (κ1) is 14.0. The molecule has 84 valence electrons. The fourth-order valence-corrected chi connectivity index (χ4v) is 4.30. The van der Waals surface area contributed by atoms with Gasteiger partial charge in [0.2, 0.25) is 0 Å². The van der Waals surface area contributed by atoms with Crippen LogP contribution in [0.5, 0.6) is 0 Å². The molecule has 0 aliphatic rings. The van der Waals surface area contributed by atoms with Gasteiger partial charge in [0.25, 0.3) is 0 Å². The zero-order valence-corrected chi connectivity index (χ0v) is 11.3. The predicted octanol–water partition coefficient (Wildman–Crippen LogP) is 0.127. The molecule has 0 fully saturated rings. The van der Waals surface area contributed by atoms with Crippen molar-refractivity contribution >= 4 is 16.6 Å². The SMILES string of the molecule is CO[Si](C)(C=C[Si](C)(CO)CO)OC. The van der Waals surface area contributed by atoms with E-state index >= 15 is 0 Å². The molecule has 0 bridgehead atoms. The lowest BCUT2D eigenvalue weighted by Crippen LogP contribution is -2.41. The van der Waals surface area contributed by atoms with Gasteiger partial charge in [0.05, 0.1) is 0 Å². The third-order valence-electron chi connectivity index (χ3n) is 2.32. The van der Waals surface area contributed by atoms with Crippen molar-refractivity contribution in [3.05, 3.63) is 11.4 Å². The second-order valence-electron chi connectivity index (χ2n) is 3.73. The van der Waals surface area contributed by atoms with Gasteiger partial charge in [-0.15, -0.1) is 0 Å². The maximum absolute atomic E-state index is 9.11. The number of hydrogen-bond donors (Lipinski definition) is 2. The molecule has 0 aromatic carbocycles. The molecule has 6 heteroatoms. The van der Waals surface area contributed by atoms with Crippen molar-refractivity contribution < 1.29 is 19.1 Å². The number of hydrogen-bond acceptors (Lipinski definition) is 4. The van der Waals surface area contributed by atoms with E-state index in [1.807, 2.05) is 24.5 Å². The minimum Gasteiger partial charge on any atom is -0.399 e. The summed E-state index contributed by atoms with van der Waals surface area (Å²) in [6, 6.07) is 0. The Balaban J connectivity index is 4.54. The van der Waals surface area contributed by atoms with Crippen LogP contribution in [0, 0.1) is 0 Å². The first-order valence-electron chi connectivity index (χ1n) is 4.47. The molecule has 0 saturated heterocycles. The van der Waals surface area contributed by atoms with E-state index in [-0.39, 0.29) is 12.5 Å². The van der Waals surface area contributed by atoms with Crippen molar-refractivity contribution in [2.45, 2.75) is 13.1 Å². The zero-order valence-electron chi connectivity index (χ0n) is 9.28. The van der Waals surface area contributed by atoms with Gasteiger partial charge < -0.3 is 19.1 Å². The fourth-order valence-electron chi connectivity index (χ4n) is 0.727. The molecule has 2 N–H and O–H groups in total. The molecule has 0 aromatic rings. The summed E-state index contributed by atoms with van der Waals surface area (Å²) in [6.45, 7) is 3.82. The highest BCUT2D eigenvalue weighted by atomic mass is 28.4. The molecule has 0 unspecified atom stereocenters. The predicted molar refractivity (Wildman–Crippen MR) is 60.6 cm³/mol. The Hall–Kier alpha value is 0.0138. The van der Waals surface area contributed by atoms with Gasteiger partial charge in [-0.05, 0) is 6.55 Å². The highest BCUT2D eigenvalue weighted by molar-refractivity contribution is 6.85. The summed E-state index contributed by atoms with van der Waals surface area (Å²) in [5.41, 5.74) is 3.78. The van der Waals surface area contributed by atoms with Gasteiger partial charge >= 0.3 is 8.56 Å². The molecular formula is C8H20O4Si2. The zero-order chi connectivity index (χ0) is 11.2. The van der Waals surface area contributed by atoms with Crippen LogP contribution < -0.4 is 0 Å². The summed E-state index contributed by atoms with van der Waals surface area (Å²) in [5, 5.41) is 18.2. The van der Waals surface area contributed by atoms with Gasteiger partial charge in [-0.2, -0.15) is 0 Å². The van der Waals surface area contributed by atoms with Crippen molar-refractivity contribution in [1.29, 1.82) is 0 Å². The molecule has 0 aliphatic carbocycles. The lowest BCUT2D eigenvalue weighted by Gasteiger charge is -2.22. The van der Waals surface area contributed by atoms with E-state index in [0.717, 1.165) is 0 Å². The summed E-state index contributed by atoms with van der Waals surface area (Å²) in [6.07, 6.45) is 0.0792. The topological polar surface area (TPSA) is 58.9 Å². The molecule has 4 nitrogen and oxygen atoms in total. The smallest absolute Gasteiger partial charge is 0.360 e. The summed E-state index contributed by atoms with van der Waals surface area (Å²) in [4.78, 5) is 0. The Bertz CT molecular complexity index is 168. The number of rotatable bonds is 6. The van der Waals surface area contributed by atoms with E-state index in [9.17, 15) is 0 Å². The summed E-state index contributed by atoms with van der Waals surface area (Å²) >= 11 is 0. The Morgan fingerprint density at radius 1 is 1.00 bits per heavy atom. The lowest BCUT2D eigenvalue weighted by atomic mass is 11.2. The van der Waals surface area contributed by atoms with E-state index in [1.54, 1.807) is 14.2 Å². The first-order chi connectivity index (χ1) is 6.45. The average Bonchev–Trinajstić information content (AvgIpc) is 2.25. The molecule has 0 spiro atoms. The molecule has 0 saturated carbocycles. The first-order valence-corrected chi connectivity index (χ1v) is 9.86. The van der Waals surface area contributed by atoms with Crippen LogP contribution in [0.4, 0.5) is 0 Å². The molecule has 14 heavy (non-hydrogen) atoms. The fraction of sp³-hybridized carbons (Fsp3) is 0.750. The quantitative estimate of drug-likeness (QED) is 0.644. The molecular weight excluding hydrogens is 216 g/mol. The third kappa shape index (κ3) is 4.03. The van der Waals surface area contributed by atoms with Crippen LogP contribution >= 0.6 is 0 Å². The maximum Gasteiger partial charge on any atom is 0.360 e. The van der Waals surface area contributed by atoms with Crippen LogP contribution in [-0.4, -0.2) is 53.5 Å². The molecule has 0 aliphatic heterocycles. The minimum atomic E-state index is -2.21. The molecule has 0 rings (SSSR count). The third-order valence-corrected chi connectivity index (χ3v) is 7.46. The largest absolute Gasteiger partial charge is 0.399 e. The maximum atomic E-state index is 9.11. The van der Waals surface area contributed by atoms with E-state index in [1.165, 1.54) is 0 Å². The van der Waals surface area contributed by atoms with E-state index in [4.69, 9.17) is 19.1 Å². The van der Waals surface area contributed by atoms with E-state index in [2.05, 4.69) is 0 Å². The molecule has 0 aromatic heterocycles. The monoisotopic (exact) mass is 236 g/mol. The average molecular weight is 236 g/mol.